The van der Waals surface area contributed by atoms with Crippen molar-refractivity contribution in [3.63, 3.8) is 0 Å². The Morgan fingerprint density at radius 1 is 1.14 bits per heavy atom. The lowest BCUT2D eigenvalue weighted by atomic mass is 10.2. The van der Waals surface area contributed by atoms with E-state index in [-0.39, 0.29) is 17.9 Å². The first-order valence-electron chi connectivity index (χ1n) is 9.55. The summed E-state index contributed by atoms with van der Waals surface area (Å²) >= 11 is 0. The molecule has 2 amide bonds. The van der Waals surface area contributed by atoms with Crippen molar-refractivity contribution in [2.24, 2.45) is 0 Å². The Kier molecular flexibility index (Phi) is 5.29. The summed E-state index contributed by atoms with van der Waals surface area (Å²) in [5, 5.41) is 4.31. The van der Waals surface area contributed by atoms with Crippen LogP contribution in [0.25, 0.3) is 5.69 Å². The summed E-state index contributed by atoms with van der Waals surface area (Å²) in [5.41, 5.74) is 1.29. The van der Waals surface area contributed by atoms with Gasteiger partial charge in [0.2, 0.25) is 0 Å². The molecule has 8 nitrogen and oxygen atoms in total. The molecule has 0 aliphatic carbocycles. The highest BCUT2D eigenvalue weighted by Crippen LogP contribution is 2.22. The summed E-state index contributed by atoms with van der Waals surface area (Å²) in [6.07, 6.45) is 4.70. The third kappa shape index (κ3) is 3.60. The molecule has 1 aromatic heterocycles. The van der Waals surface area contributed by atoms with Crippen molar-refractivity contribution in [1.29, 1.82) is 0 Å². The van der Waals surface area contributed by atoms with Gasteiger partial charge in [-0.3, -0.25) is 9.59 Å². The average molecular weight is 384 g/mol. The molecule has 2 aliphatic rings. The van der Waals surface area contributed by atoms with Gasteiger partial charge in [-0.1, -0.05) is 12.1 Å². The fourth-order valence-corrected chi connectivity index (χ4v) is 3.67. The molecule has 0 spiro atoms. The van der Waals surface area contributed by atoms with E-state index in [0.29, 0.717) is 44.1 Å². The van der Waals surface area contributed by atoms with Crippen molar-refractivity contribution >= 4 is 11.8 Å². The molecular weight excluding hydrogens is 360 g/mol. The number of aromatic nitrogens is 2. The lowest BCUT2D eigenvalue weighted by Gasteiger charge is -2.35. The van der Waals surface area contributed by atoms with Crippen LogP contribution in [0.4, 0.5) is 0 Å². The topological polar surface area (TPSA) is 76.9 Å². The van der Waals surface area contributed by atoms with E-state index in [4.69, 9.17) is 9.47 Å². The van der Waals surface area contributed by atoms with E-state index in [2.05, 4.69) is 5.10 Å². The van der Waals surface area contributed by atoms with E-state index in [0.717, 1.165) is 18.5 Å². The van der Waals surface area contributed by atoms with Crippen LogP contribution in [-0.4, -0.2) is 77.4 Å². The SMILES string of the molecule is COc1ccccc1-n1cc(C(=O)N2CCN(C(=O)[C@H]3CCCO3)CC2)cn1. The smallest absolute Gasteiger partial charge is 0.257 e. The maximum absolute atomic E-state index is 12.8. The number of rotatable bonds is 4. The van der Waals surface area contributed by atoms with Gasteiger partial charge in [0, 0.05) is 39.0 Å². The van der Waals surface area contributed by atoms with E-state index in [1.54, 1.807) is 34.0 Å². The molecule has 2 aliphatic heterocycles. The number of benzene rings is 1. The first-order valence-corrected chi connectivity index (χ1v) is 9.55. The molecule has 2 fully saturated rings. The average Bonchev–Trinajstić information content (AvgIpc) is 3.45. The molecule has 3 heterocycles. The number of hydrogen-bond donors (Lipinski definition) is 0. The molecule has 1 aromatic carbocycles. The lowest BCUT2D eigenvalue weighted by molar-refractivity contribution is -0.142. The van der Waals surface area contributed by atoms with Crippen LogP contribution in [-0.2, 0) is 9.53 Å². The molecule has 2 saturated heterocycles. The summed E-state index contributed by atoms with van der Waals surface area (Å²) < 4.78 is 12.5. The summed E-state index contributed by atoms with van der Waals surface area (Å²) in [6.45, 7) is 2.75. The van der Waals surface area contributed by atoms with Gasteiger partial charge in [0.25, 0.3) is 11.8 Å². The molecule has 0 radical (unpaired) electrons. The number of amides is 2. The zero-order valence-corrected chi connectivity index (χ0v) is 15.9. The van der Waals surface area contributed by atoms with Gasteiger partial charge in [-0.15, -0.1) is 0 Å². The van der Waals surface area contributed by atoms with Crippen LogP contribution in [0.1, 0.15) is 23.2 Å². The third-order valence-corrected chi connectivity index (χ3v) is 5.25. The van der Waals surface area contributed by atoms with Crippen LogP contribution < -0.4 is 4.74 Å². The van der Waals surface area contributed by atoms with Crippen molar-refractivity contribution in [3.8, 4) is 11.4 Å². The van der Waals surface area contributed by atoms with E-state index in [1.165, 1.54) is 0 Å². The first-order chi connectivity index (χ1) is 13.7. The second-order valence-corrected chi connectivity index (χ2v) is 6.96. The fourth-order valence-electron chi connectivity index (χ4n) is 3.67. The minimum atomic E-state index is -0.304. The molecule has 0 bridgehead atoms. The molecule has 0 unspecified atom stereocenters. The van der Waals surface area contributed by atoms with Gasteiger partial charge in [-0.25, -0.2) is 4.68 Å². The van der Waals surface area contributed by atoms with Gasteiger partial charge in [0.1, 0.15) is 17.5 Å². The van der Waals surface area contributed by atoms with Crippen molar-refractivity contribution in [2.45, 2.75) is 18.9 Å². The molecule has 4 rings (SSSR count). The van der Waals surface area contributed by atoms with E-state index >= 15 is 0 Å². The Morgan fingerprint density at radius 3 is 2.61 bits per heavy atom. The first kappa shape index (κ1) is 18.5. The van der Waals surface area contributed by atoms with Gasteiger partial charge >= 0.3 is 0 Å². The third-order valence-electron chi connectivity index (χ3n) is 5.25. The number of carbonyl (C=O) groups is 2. The predicted octanol–water partition coefficient (Wildman–Crippen LogP) is 1.34. The number of hydrogen-bond acceptors (Lipinski definition) is 5. The Morgan fingerprint density at radius 2 is 1.89 bits per heavy atom. The van der Waals surface area contributed by atoms with Crippen LogP contribution >= 0.6 is 0 Å². The summed E-state index contributed by atoms with van der Waals surface area (Å²) in [4.78, 5) is 28.9. The van der Waals surface area contributed by atoms with Crippen LogP contribution in [0.5, 0.6) is 5.75 Å². The molecule has 1 atom stereocenters. The minimum Gasteiger partial charge on any atom is -0.494 e. The zero-order valence-electron chi connectivity index (χ0n) is 15.9. The number of piperazine rings is 1. The van der Waals surface area contributed by atoms with E-state index < -0.39 is 0 Å². The molecule has 2 aromatic rings. The molecule has 28 heavy (non-hydrogen) atoms. The van der Waals surface area contributed by atoms with Gasteiger partial charge in [-0.05, 0) is 25.0 Å². The van der Waals surface area contributed by atoms with E-state index in [1.807, 2.05) is 24.3 Å². The second-order valence-electron chi connectivity index (χ2n) is 6.96. The maximum Gasteiger partial charge on any atom is 0.257 e. The fraction of sp³-hybridized carbons (Fsp3) is 0.450. The summed E-state index contributed by atoms with van der Waals surface area (Å²) in [5.74, 6) is 0.657. The largest absolute Gasteiger partial charge is 0.494 e. The monoisotopic (exact) mass is 384 g/mol. The number of para-hydroxylation sites is 2. The molecule has 0 N–H and O–H groups in total. The Bertz CT molecular complexity index is 851. The van der Waals surface area contributed by atoms with Crippen molar-refractivity contribution in [3.05, 3.63) is 42.2 Å². The minimum absolute atomic E-state index is 0.0496. The Balaban J connectivity index is 1.39. The van der Waals surface area contributed by atoms with Gasteiger partial charge in [0.15, 0.2) is 0 Å². The van der Waals surface area contributed by atoms with Crippen LogP contribution in [0.3, 0.4) is 0 Å². The van der Waals surface area contributed by atoms with Gasteiger partial charge < -0.3 is 19.3 Å². The van der Waals surface area contributed by atoms with Crippen LogP contribution in [0, 0.1) is 0 Å². The zero-order chi connectivity index (χ0) is 19.5. The highest BCUT2D eigenvalue weighted by atomic mass is 16.5. The molecule has 0 saturated carbocycles. The quantitative estimate of drug-likeness (QED) is 0.795. The number of carbonyl (C=O) groups excluding carboxylic acids is 2. The number of ether oxygens (including phenoxy) is 2. The summed E-state index contributed by atoms with van der Waals surface area (Å²) in [7, 11) is 1.60. The normalized spacial score (nSPS) is 19.7. The predicted molar refractivity (Wildman–Crippen MR) is 102 cm³/mol. The van der Waals surface area contributed by atoms with Crippen LogP contribution in [0.15, 0.2) is 36.7 Å². The van der Waals surface area contributed by atoms with Crippen LogP contribution in [0.2, 0.25) is 0 Å². The number of nitrogens with zero attached hydrogens (tertiary/aromatic N) is 4. The molecular formula is C20H24N4O4. The standard InChI is InChI=1S/C20H24N4O4/c1-27-17-6-3-2-5-16(17)24-14-15(13-21-24)19(25)22-8-10-23(11-9-22)20(26)18-7-4-12-28-18/h2-3,5-6,13-14,18H,4,7-12H2,1H3/t18-/m1/s1. The Labute approximate surface area is 163 Å². The van der Waals surface area contributed by atoms with Crippen molar-refractivity contribution in [2.75, 3.05) is 39.9 Å². The highest BCUT2D eigenvalue weighted by Gasteiger charge is 2.31. The van der Waals surface area contributed by atoms with Gasteiger partial charge in [-0.2, -0.15) is 5.10 Å². The molecule has 148 valence electrons. The van der Waals surface area contributed by atoms with Gasteiger partial charge in [0.05, 0.1) is 18.9 Å². The van der Waals surface area contributed by atoms with Crippen molar-refractivity contribution in [1.82, 2.24) is 19.6 Å². The lowest BCUT2D eigenvalue weighted by Crippen LogP contribution is -2.52. The number of methoxy groups -OCH3 is 1. The highest BCUT2D eigenvalue weighted by molar-refractivity contribution is 5.94. The second kappa shape index (κ2) is 8.02. The van der Waals surface area contributed by atoms with Crippen molar-refractivity contribution < 1.29 is 19.1 Å². The Hall–Kier alpha value is -2.87. The van der Waals surface area contributed by atoms with E-state index in [9.17, 15) is 9.59 Å². The maximum atomic E-state index is 12.8. The molecule has 8 heteroatoms. The summed E-state index contributed by atoms with van der Waals surface area (Å²) in [6, 6.07) is 7.51.